The van der Waals surface area contributed by atoms with Crippen LogP contribution < -0.4 is 11.1 Å². The molecular formula is C15H23N3S. The summed E-state index contributed by atoms with van der Waals surface area (Å²) in [6.45, 7) is 5.16. The molecule has 0 aromatic heterocycles. The maximum atomic E-state index is 5.90. The number of benzene rings is 1. The number of fused-ring (bicyclic) bond motifs is 1. The minimum Gasteiger partial charge on any atom is -0.370 e. The average molecular weight is 277 g/mol. The molecule has 0 saturated heterocycles. The zero-order valence-electron chi connectivity index (χ0n) is 11.8. The van der Waals surface area contributed by atoms with Crippen molar-refractivity contribution >= 4 is 23.4 Å². The molecule has 3 nitrogen and oxygen atoms in total. The van der Waals surface area contributed by atoms with Gasteiger partial charge in [0, 0.05) is 11.4 Å². The molecule has 2 rings (SSSR count). The number of guanidine groups is 1. The second kappa shape index (κ2) is 6.85. The number of nitrogens with one attached hydrogen (secondary N) is 1. The molecule has 0 radical (unpaired) electrons. The molecule has 0 fully saturated rings. The second-order valence-electron chi connectivity index (χ2n) is 5.15. The maximum absolute atomic E-state index is 5.90. The van der Waals surface area contributed by atoms with E-state index in [1.54, 1.807) is 0 Å². The van der Waals surface area contributed by atoms with E-state index in [2.05, 4.69) is 42.4 Å². The molecule has 0 saturated carbocycles. The summed E-state index contributed by atoms with van der Waals surface area (Å²) in [6.07, 6.45) is 3.67. The number of hydrogen-bond acceptors (Lipinski definition) is 2. The van der Waals surface area contributed by atoms with Crippen LogP contribution in [0.25, 0.3) is 0 Å². The van der Waals surface area contributed by atoms with E-state index in [4.69, 9.17) is 5.73 Å². The lowest BCUT2D eigenvalue weighted by atomic mass is 10.1. The Morgan fingerprint density at radius 1 is 1.37 bits per heavy atom. The lowest BCUT2D eigenvalue weighted by Crippen LogP contribution is -2.23. The molecule has 3 N–H and O–H groups in total. The fraction of sp³-hybridized carbons (Fsp3) is 0.533. The summed E-state index contributed by atoms with van der Waals surface area (Å²) >= 11 is 1.91. The molecule has 0 amide bonds. The molecule has 0 bridgehead atoms. The van der Waals surface area contributed by atoms with Gasteiger partial charge in [0.05, 0.1) is 6.54 Å². The largest absolute Gasteiger partial charge is 0.370 e. The molecule has 0 spiro atoms. The Morgan fingerprint density at radius 3 is 2.95 bits per heavy atom. The summed E-state index contributed by atoms with van der Waals surface area (Å²) in [5.41, 5.74) is 9.88. The van der Waals surface area contributed by atoms with E-state index in [-0.39, 0.29) is 0 Å². The van der Waals surface area contributed by atoms with Crippen LogP contribution in [0.3, 0.4) is 0 Å². The van der Waals surface area contributed by atoms with Gasteiger partial charge in [0.25, 0.3) is 0 Å². The van der Waals surface area contributed by atoms with Gasteiger partial charge in [0.15, 0.2) is 5.96 Å². The number of rotatable bonds is 5. The maximum Gasteiger partial charge on any atom is 0.193 e. The number of aryl methyl sites for hydroxylation is 2. The first kappa shape index (κ1) is 14.3. The summed E-state index contributed by atoms with van der Waals surface area (Å²) in [5, 5.41) is 3.83. The molecule has 1 aliphatic rings. The Labute approximate surface area is 120 Å². The van der Waals surface area contributed by atoms with Crippen LogP contribution in [0.2, 0.25) is 0 Å². The fourth-order valence-corrected chi connectivity index (χ4v) is 2.96. The molecule has 0 atom stereocenters. The van der Waals surface area contributed by atoms with Crippen molar-refractivity contribution < 1.29 is 0 Å². The Bertz CT molecular complexity index is 455. The third-order valence-corrected chi connectivity index (χ3v) is 4.28. The Hall–Kier alpha value is -1.16. The lowest BCUT2D eigenvalue weighted by molar-refractivity contribution is 0.912. The summed E-state index contributed by atoms with van der Waals surface area (Å²) in [5.74, 6) is 1.53. The lowest BCUT2D eigenvalue weighted by Gasteiger charge is -2.08. The van der Waals surface area contributed by atoms with Crippen LogP contribution in [0, 0.1) is 0 Å². The van der Waals surface area contributed by atoms with Crippen LogP contribution in [0.4, 0.5) is 5.69 Å². The minimum atomic E-state index is 0.516. The van der Waals surface area contributed by atoms with Crippen molar-refractivity contribution in [2.24, 2.45) is 10.7 Å². The number of anilines is 1. The van der Waals surface area contributed by atoms with Crippen molar-refractivity contribution in [1.82, 2.24) is 0 Å². The van der Waals surface area contributed by atoms with Gasteiger partial charge in [-0.2, -0.15) is 11.8 Å². The van der Waals surface area contributed by atoms with Gasteiger partial charge >= 0.3 is 0 Å². The van der Waals surface area contributed by atoms with Gasteiger partial charge in [-0.25, -0.2) is 0 Å². The van der Waals surface area contributed by atoms with Gasteiger partial charge in [-0.3, -0.25) is 4.99 Å². The Kier molecular flexibility index (Phi) is 5.14. The van der Waals surface area contributed by atoms with Gasteiger partial charge in [-0.05, 0) is 47.8 Å². The average Bonchev–Trinajstić information content (AvgIpc) is 2.82. The van der Waals surface area contributed by atoms with Gasteiger partial charge < -0.3 is 11.1 Å². The highest BCUT2D eigenvalue weighted by Gasteiger charge is 2.10. The van der Waals surface area contributed by atoms with Crippen LogP contribution in [-0.4, -0.2) is 23.5 Å². The first-order valence-electron chi connectivity index (χ1n) is 6.95. The molecule has 0 heterocycles. The van der Waals surface area contributed by atoms with Crippen LogP contribution in [0.1, 0.15) is 31.4 Å². The van der Waals surface area contributed by atoms with Crippen molar-refractivity contribution in [1.29, 1.82) is 0 Å². The number of hydrogen-bond donors (Lipinski definition) is 2. The van der Waals surface area contributed by atoms with E-state index in [0.29, 0.717) is 11.2 Å². The highest BCUT2D eigenvalue weighted by atomic mass is 32.2. The molecular weight excluding hydrogens is 254 g/mol. The van der Waals surface area contributed by atoms with Gasteiger partial charge in [0.1, 0.15) is 0 Å². The van der Waals surface area contributed by atoms with Crippen molar-refractivity contribution in [3.05, 3.63) is 29.3 Å². The summed E-state index contributed by atoms with van der Waals surface area (Å²) in [7, 11) is 0. The summed E-state index contributed by atoms with van der Waals surface area (Å²) in [6, 6.07) is 6.50. The normalized spacial score (nSPS) is 14.8. The van der Waals surface area contributed by atoms with E-state index in [0.717, 1.165) is 18.0 Å². The van der Waals surface area contributed by atoms with Gasteiger partial charge in [-0.1, -0.05) is 19.9 Å². The highest BCUT2D eigenvalue weighted by Crippen LogP contribution is 2.24. The van der Waals surface area contributed by atoms with Crippen molar-refractivity contribution in [3.8, 4) is 0 Å². The third-order valence-electron chi connectivity index (χ3n) is 3.20. The van der Waals surface area contributed by atoms with Crippen molar-refractivity contribution in [3.63, 3.8) is 0 Å². The van der Waals surface area contributed by atoms with Crippen LogP contribution in [0.5, 0.6) is 0 Å². The van der Waals surface area contributed by atoms with E-state index in [1.807, 2.05) is 11.8 Å². The zero-order valence-corrected chi connectivity index (χ0v) is 12.6. The number of aliphatic imine (C=N–C) groups is 1. The standard InChI is InChI=1S/C15H23N3S/c1-11(2)19-9-8-17-15(16)18-14-7-6-12-4-3-5-13(12)10-14/h6-7,10-11H,3-5,8-9H2,1-2H3,(H3,16,17,18). The molecule has 1 aromatic rings. The van der Waals surface area contributed by atoms with E-state index in [9.17, 15) is 0 Å². The van der Waals surface area contributed by atoms with Crippen LogP contribution in [-0.2, 0) is 12.8 Å². The Balaban J connectivity index is 1.84. The van der Waals surface area contributed by atoms with Crippen molar-refractivity contribution in [2.75, 3.05) is 17.6 Å². The third kappa shape index (κ3) is 4.46. The SMILES string of the molecule is CC(C)SCCN=C(N)Nc1ccc2c(c1)CCC2. The first-order chi connectivity index (χ1) is 9.15. The quantitative estimate of drug-likeness (QED) is 0.494. The van der Waals surface area contributed by atoms with E-state index in [1.165, 1.54) is 30.4 Å². The van der Waals surface area contributed by atoms with Crippen molar-refractivity contribution in [2.45, 2.75) is 38.4 Å². The van der Waals surface area contributed by atoms with E-state index < -0.39 is 0 Å². The Morgan fingerprint density at radius 2 is 2.16 bits per heavy atom. The molecule has 4 heteroatoms. The predicted molar refractivity (Wildman–Crippen MR) is 86.2 cm³/mol. The predicted octanol–water partition coefficient (Wildman–Crippen LogP) is 3.04. The monoisotopic (exact) mass is 277 g/mol. The minimum absolute atomic E-state index is 0.516. The number of nitrogens with zero attached hydrogens (tertiary/aromatic N) is 1. The fourth-order valence-electron chi connectivity index (χ4n) is 2.29. The summed E-state index contributed by atoms with van der Waals surface area (Å²) in [4.78, 5) is 4.35. The molecule has 19 heavy (non-hydrogen) atoms. The second-order valence-corrected chi connectivity index (χ2v) is 6.83. The smallest absolute Gasteiger partial charge is 0.193 e. The summed E-state index contributed by atoms with van der Waals surface area (Å²) < 4.78 is 0. The topological polar surface area (TPSA) is 50.4 Å². The van der Waals surface area contributed by atoms with Gasteiger partial charge in [0.2, 0.25) is 0 Å². The molecule has 104 valence electrons. The first-order valence-corrected chi connectivity index (χ1v) is 8.00. The van der Waals surface area contributed by atoms with Gasteiger partial charge in [-0.15, -0.1) is 0 Å². The number of nitrogens with two attached hydrogens (primary N) is 1. The molecule has 0 aliphatic heterocycles. The van der Waals surface area contributed by atoms with Crippen LogP contribution >= 0.6 is 11.8 Å². The zero-order chi connectivity index (χ0) is 13.7. The van der Waals surface area contributed by atoms with E-state index >= 15 is 0 Å². The molecule has 1 aliphatic carbocycles. The highest BCUT2D eigenvalue weighted by molar-refractivity contribution is 7.99. The molecule has 1 aromatic carbocycles. The van der Waals surface area contributed by atoms with Crippen LogP contribution in [0.15, 0.2) is 23.2 Å². The molecule has 0 unspecified atom stereocenters. The number of thioether (sulfide) groups is 1.